The minimum Gasteiger partial charge on any atom is -0.396 e. The van der Waals surface area contributed by atoms with Gasteiger partial charge in [-0.05, 0) is 18.1 Å². The molecular formula is C20H24FNO3. The molecule has 3 N–H and O–H groups in total. The van der Waals surface area contributed by atoms with Crippen molar-refractivity contribution in [3.8, 4) is 0 Å². The molecule has 0 aliphatic carbocycles. The van der Waals surface area contributed by atoms with Crippen LogP contribution >= 0.6 is 0 Å². The minimum absolute atomic E-state index is 0.190. The van der Waals surface area contributed by atoms with E-state index in [4.69, 9.17) is 15.2 Å². The minimum atomic E-state index is -0.973. The van der Waals surface area contributed by atoms with Gasteiger partial charge in [0.25, 0.3) is 0 Å². The first kappa shape index (κ1) is 18.0. The predicted molar refractivity (Wildman–Crippen MR) is 93.3 cm³/mol. The van der Waals surface area contributed by atoms with Crippen molar-refractivity contribution < 1.29 is 19.0 Å². The fraction of sp³-hybridized carbons (Fsp3) is 0.400. The molecular weight excluding hydrogens is 321 g/mol. The second-order valence-corrected chi connectivity index (χ2v) is 6.47. The van der Waals surface area contributed by atoms with Crippen LogP contribution in [0.3, 0.4) is 0 Å². The van der Waals surface area contributed by atoms with Crippen molar-refractivity contribution >= 4 is 0 Å². The quantitative estimate of drug-likeness (QED) is 0.845. The summed E-state index contributed by atoms with van der Waals surface area (Å²) in [5.74, 6) is -0.789. The molecule has 2 aromatic rings. The van der Waals surface area contributed by atoms with Crippen molar-refractivity contribution in [2.75, 3.05) is 19.8 Å². The number of aliphatic hydroxyl groups excluding tert-OH is 1. The van der Waals surface area contributed by atoms with Crippen LogP contribution in [0, 0.1) is 11.7 Å². The highest BCUT2D eigenvalue weighted by molar-refractivity contribution is 5.28. The summed E-state index contributed by atoms with van der Waals surface area (Å²) in [5, 5.41) is 9.93. The van der Waals surface area contributed by atoms with Crippen LogP contribution in [0.15, 0.2) is 54.6 Å². The molecule has 0 bridgehead atoms. The highest BCUT2D eigenvalue weighted by Gasteiger charge is 2.46. The van der Waals surface area contributed by atoms with Crippen molar-refractivity contribution in [3.63, 3.8) is 0 Å². The number of benzene rings is 2. The average molecular weight is 345 g/mol. The Labute approximate surface area is 147 Å². The first-order chi connectivity index (χ1) is 12.1. The summed E-state index contributed by atoms with van der Waals surface area (Å²) < 4.78 is 25.8. The van der Waals surface area contributed by atoms with E-state index in [9.17, 15) is 9.50 Å². The van der Waals surface area contributed by atoms with E-state index in [0.29, 0.717) is 31.8 Å². The predicted octanol–water partition coefficient (Wildman–Crippen LogP) is 2.59. The van der Waals surface area contributed by atoms with Crippen LogP contribution in [0.25, 0.3) is 0 Å². The summed E-state index contributed by atoms with van der Waals surface area (Å²) in [6, 6.07) is 16.3. The number of halogens is 1. The lowest BCUT2D eigenvalue weighted by molar-refractivity contribution is -0.120. The lowest BCUT2D eigenvalue weighted by Crippen LogP contribution is -2.57. The van der Waals surface area contributed by atoms with Crippen LogP contribution < -0.4 is 5.73 Å². The van der Waals surface area contributed by atoms with E-state index in [1.807, 2.05) is 30.3 Å². The monoisotopic (exact) mass is 345 g/mol. The topological polar surface area (TPSA) is 64.7 Å². The normalized spacial score (nSPS) is 26.5. The van der Waals surface area contributed by atoms with E-state index in [1.165, 1.54) is 6.07 Å². The molecule has 0 amide bonds. The van der Waals surface area contributed by atoms with Crippen molar-refractivity contribution in [3.05, 3.63) is 71.5 Å². The van der Waals surface area contributed by atoms with Gasteiger partial charge in [-0.3, -0.25) is 0 Å². The molecule has 1 heterocycles. The maximum Gasteiger partial charge on any atom is 0.128 e. The summed E-state index contributed by atoms with van der Waals surface area (Å²) in [7, 11) is 0. The number of aliphatic hydroxyl groups is 1. The Kier molecular flexibility index (Phi) is 5.81. The van der Waals surface area contributed by atoms with Crippen LogP contribution in [0.2, 0.25) is 0 Å². The van der Waals surface area contributed by atoms with Gasteiger partial charge in [0.2, 0.25) is 0 Å². The van der Waals surface area contributed by atoms with E-state index in [-0.39, 0.29) is 18.5 Å². The molecule has 134 valence electrons. The first-order valence-corrected chi connectivity index (χ1v) is 8.53. The summed E-state index contributed by atoms with van der Waals surface area (Å²) in [6.07, 6.45) is 0.0704. The van der Waals surface area contributed by atoms with Gasteiger partial charge in [-0.2, -0.15) is 0 Å². The van der Waals surface area contributed by atoms with Crippen molar-refractivity contribution in [1.29, 1.82) is 0 Å². The van der Waals surface area contributed by atoms with Gasteiger partial charge in [0, 0.05) is 18.1 Å². The molecule has 0 radical (unpaired) electrons. The van der Waals surface area contributed by atoms with Gasteiger partial charge in [-0.1, -0.05) is 48.5 Å². The van der Waals surface area contributed by atoms with Crippen LogP contribution in [-0.4, -0.2) is 31.0 Å². The average Bonchev–Trinajstić information content (AvgIpc) is 2.63. The lowest BCUT2D eigenvalue weighted by atomic mass is 9.72. The van der Waals surface area contributed by atoms with E-state index in [1.54, 1.807) is 18.2 Å². The SMILES string of the molecule is N[C@@]1(c2ccccc2F)CCO[C@H](COCc2ccccc2)[C@H]1CO. The number of hydrogen-bond acceptors (Lipinski definition) is 4. The molecule has 0 spiro atoms. The highest BCUT2D eigenvalue weighted by atomic mass is 19.1. The molecule has 0 aromatic heterocycles. The Morgan fingerprint density at radius 2 is 1.88 bits per heavy atom. The van der Waals surface area contributed by atoms with Crippen molar-refractivity contribution in [1.82, 2.24) is 0 Å². The Morgan fingerprint density at radius 3 is 2.60 bits per heavy atom. The van der Waals surface area contributed by atoms with Crippen LogP contribution in [0.1, 0.15) is 17.5 Å². The maximum absolute atomic E-state index is 14.3. The third-order valence-electron chi connectivity index (χ3n) is 4.92. The molecule has 1 saturated heterocycles. The maximum atomic E-state index is 14.3. The van der Waals surface area contributed by atoms with E-state index in [2.05, 4.69) is 0 Å². The second kappa shape index (κ2) is 8.06. The van der Waals surface area contributed by atoms with Gasteiger partial charge >= 0.3 is 0 Å². The number of rotatable bonds is 6. The van der Waals surface area contributed by atoms with Crippen LogP contribution in [-0.2, 0) is 21.6 Å². The summed E-state index contributed by atoms with van der Waals surface area (Å²) in [6.45, 7) is 0.967. The van der Waals surface area contributed by atoms with Gasteiger partial charge in [-0.15, -0.1) is 0 Å². The molecule has 0 unspecified atom stereocenters. The van der Waals surface area contributed by atoms with E-state index in [0.717, 1.165) is 5.56 Å². The molecule has 0 saturated carbocycles. The molecule has 25 heavy (non-hydrogen) atoms. The summed E-state index contributed by atoms with van der Waals surface area (Å²) in [4.78, 5) is 0. The number of hydrogen-bond donors (Lipinski definition) is 2. The van der Waals surface area contributed by atoms with Gasteiger partial charge in [0.15, 0.2) is 0 Å². The molecule has 3 rings (SSSR count). The summed E-state index contributed by atoms with van der Waals surface area (Å²) in [5.41, 5.74) is 7.08. The Balaban J connectivity index is 1.71. The molecule has 1 aliphatic rings. The zero-order valence-electron chi connectivity index (χ0n) is 14.1. The number of ether oxygens (including phenoxy) is 2. The highest BCUT2D eigenvalue weighted by Crippen LogP contribution is 2.38. The van der Waals surface area contributed by atoms with Gasteiger partial charge in [-0.25, -0.2) is 4.39 Å². The molecule has 3 atom stereocenters. The van der Waals surface area contributed by atoms with Gasteiger partial charge in [0.1, 0.15) is 5.82 Å². The van der Waals surface area contributed by atoms with Gasteiger partial charge in [0.05, 0.1) is 31.5 Å². The number of nitrogens with two attached hydrogens (primary N) is 1. The Morgan fingerprint density at radius 1 is 1.16 bits per heavy atom. The third kappa shape index (κ3) is 3.90. The standard InChI is InChI=1S/C20H24FNO3/c21-18-9-5-4-8-16(18)20(22)10-11-25-19(17(20)12-23)14-24-13-15-6-2-1-3-7-15/h1-9,17,19,23H,10-14,22H2/t17-,19-,20-/m1/s1. The van der Waals surface area contributed by atoms with Crippen LogP contribution in [0.5, 0.6) is 0 Å². The zero-order chi connectivity index (χ0) is 17.7. The lowest BCUT2D eigenvalue weighted by Gasteiger charge is -2.45. The van der Waals surface area contributed by atoms with E-state index < -0.39 is 11.5 Å². The third-order valence-corrected chi connectivity index (χ3v) is 4.92. The zero-order valence-corrected chi connectivity index (χ0v) is 14.1. The van der Waals surface area contributed by atoms with Crippen molar-refractivity contribution in [2.24, 2.45) is 11.7 Å². The summed E-state index contributed by atoms with van der Waals surface area (Å²) >= 11 is 0. The van der Waals surface area contributed by atoms with E-state index >= 15 is 0 Å². The second-order valence-electron chi connectivity index (χ2n) is 6.47. The van der Waals surface area contributed by atoms with Crippen molar-refractivity contribution in [2.45, 2.75) is 24.7 Å². The molecule has 5 heteroatoms. The molecule has 1 aliphatic heterocycles. The fourth-order valence-corrected chi connectivity index (χ4v) is 3.50. The van der Waals surface area contributed by atoms with Crippen LogP contribution in [0.4, 0.5) is 4.39 Å². The largest absolute Gasteiger partial charge is 0.396 e. The molecule has 1 fully saturated rings. The van der Waals surface area contributed by atoms with Gasteiger partial charge < -0.3 is 20.3 Å². The Bertz CT molecular complexity index is 682. The fourth-order valence-electron chi connectivity index (χ4n) is 3.50. The smallest absolute Gasteiger partial charge is 0.128 e. The molecule has 2 aromatic carbocycles. The first-order valence-electron chi connectivity index (χ1n) is 8.53. The molecule has 4 nitrogen and oxygen atoms in total. The Hall–Kier alpha value is -1.79.